The number of hydrogen-bond acceptors (Lipinski definition) is 4. The molecular weight excluding hydrogens is 294 g/mol. The zero-order valence-corrected chi connectivity index (χ0v) is 12.5. The molecule has 0 aliphatic heterocycles. The van der Waals surface area contributed by atoms with Gasteiger partial charge in [-0.05, 0) is 36.4 Å². The topological polar surface area (TPSA) is 59.2 Å². The molecular formula is C14H16ClN3OS. The van der Waals surface area contributed by atoms with E-state index in [0.717, 1.165) is 12.8 Å². The van der Waals surface area contributed by atoms with Gasteiger partial charge in [0.1, 0.15) is 11.5 Å². The van der Waals surface area contributed by atoms with Gasteiger partial charge in [0, 0.05) is 10.9 Å². The third-order valence-corrected chi connectivity index (χ3v) is 4.01. The highest BCUT2D eigenvalue weighted by molar-refractivity contribution is 7.09. The van der Waals surface area contributed by atoms with Gasteiger partial charge in [0.15, 0.2) is 0 Å². The van der Waals surface area contributed by atoms with Gasteiger partial charge in [-0.2, -0.15) is 0 Å². The molecule has 3 rings (SSSR count). The lowest BCUT2D eigenvalue weighted by molar-refractivity contribution is 0.0726. The van der Waals surface area contributed by atoms with Crippen LogP contribution in [0, 0.1) is 0 Å². The molecule has 0 radical (unpaired) electrons. The van der Waals surface area contributed by atoms with Crippen molar-refractivity contribution in [2.45, 2.75) is 25.4 Å². The summed E-state index contributed by atoms with van der Waals surface area (Å²) in [7, 11) is 0. The average Bonchev–Trinajstić information content (AvgIpc) is 3.12. The Morgan fingerprint density at radius 3 is 2.75 bits per heavy atom. The number of halogens is 1. The van der Waals surface area contributed by atoms with Crippen molar-refractivity contribution in [2.75, 3.05) is 5.73 Å². The summed E-state index contributed by atoms with van der Waals surface area (Å²) in [5.41, 5.74) is 6.08. The summed E-state index contributed by atoms with van der Waals surface area (Å²) in [6.45, 7) is 0.664. The molecule has 20 heavy (non-hydrogen) atoms. The maximum atomic E-state index is 12.5. The Hall–Kier alpha value is -1.59. The molecule has 1 fully saturated rings. The number of nitrogens with zero attached hydrogens (tertiary/aromatic N) is 2. The Labute approximate surface area is 128 Å². The Bertz CT molecular complexity index is 584. The van der Waals surface area contributed by atoms with Gasteiger partial charge < -0.3 is 10.6 Å². The van der Waals surface area contributed by atoms with E-state index in [-0.39, 0.29) is 18.3 Å². The minimum absolute atomic E-state index is 0. The van der Waals surface area contributed by atoms with Crippen LogP contribution < -0.4 is 5.73 Å². The summed E-state index contributed by atoms with van der Waals surface area (Å²) in [5, 5.41) is 2.03. The van der Waals surface area contributed by atoms with E-state index < -0.39 is 0 Å². The van der Waals surface area contributed by atoms with E-state index in [4.69, 9.17) is 5.73 Å². The predicted octanol–water partition coefficient (Wildman–Crippen LogP) is 2.95. The molecule has 1 aliphatic carbocycles. The fraction of sp³-hybridized carbons (Fsp3) is 0.286. The number of carbonyl (C=O) groups is 1. The number of rotatable bonds is 4. The van der Waals surface area contributed by atoms with E-state index in [1.165, 1.54) is 4.88 Å². The van der Waals surface area contributed by atoms with Gasteiger partial charge in [0.05, 0.1) is 6.54 Å². The van der Waals surface area contributed by atoms with Gasteiger partial charge in [-0.1, -0.05) is 12.1 Å². The molecule has 1 aliphatic rings. The molecule has 1 amide bonds. The molecule has 0 atom stereocenters. The van der Waals surface area contributed by atoms with Crippen molar-refractivity contribution in [3.8, 4) is 0 Å². The molecule has 2 N–H and O–H groups in total. The standard InChI is InChI=1S/C14H15N3OS.ClH/c15-13-5-1-4-12(16-13)14(18)17(10-6-7-10)9-11-3-2-8-19-11;/h1-5,8,10H,6-7,9H2,(H2,15,16);1H. The third-order valence-electron chi connectivity index (χ3n) is 3.14. The zero-order valence-electron chi connectivity index (χ0n) is 10.9. The Kier molecular flexibility index (Phi) is 4.62. The number of thiophene rings is 1. The number of pyridine rings is 1. The van der Waals surface area contributed by atoms with E-state index in [9.17, 15) is 4.79 Å². The molecule has 106 valence electrons. The predicted molar refractivity (Wildman–Crippen MR) is 83.1 cm³/mol. The van der Waals surface area contributed by atoms with Crippen LogP contribution in [0.5, 0.6) is 0 Å². The van der Waals surface area contributed by atoms with Gasteiger partial charge in [-0.15, -0.1) is 23.7 Å². The number of nitrogen functional groups attached to an aromatic ring is 1. The van der Waals surface area contributed by atoms with E-state index >= 15 is 0 Å². The number of hydrogen-bond donors (Lipinski definition) is 1. The van der Waals surface area contributed by atoms with Crippen molar-refractivity contribution in [2.24, 2.45) is 0 Å². The first-order valence-electron chi connectivity index (χ1n) is 6.30. The third kappa shape index (κ3) is 3.29. The van der Waals surface area contributed by atoms with Crippen molar-refractivity contribution in [1.29, 1.82) is 0 Å². The van der Waals surface area contributed by atoms with Crippen LogP contribution in [0.3, 0.4) is 0 Å². The molecule has 0 bridgehead atoms. The van der Waals surface area contributed by atoms with Crippen molar-refractivity contribution < 1.29 is 4.79 Å². The summed E-state index contributed by atoms with van der Waals surface area (Å²) in [6, 6.07) is 9.61. The molecule has 2 heterocycles. The van der Waals surface area contributed by atoms with Gasteiger partial charge in [-0.25, -0.2) is 4.98 Å². The largest absolute Gasteiger partial charge is 0.384 e. The van der Waals surface area contributed by atoms with Crippen LogP contribution in [0.15, 0.2) is 35.7 Å². The molecule has 2 aromatic heterocycles. The normalized spacial score (nSPS) is 13.6. The number of amides is 1. The van der Waals surface area contributed by atoms with E-state index in [1.54, 1.807) is 29.5 Å². The van der Waals surface area contributed by atoms with Crippen molar-refractivity contribution >= 4 is 35.5 Å². The Morgan fingerprint density at radius 1 is 1.35 bits per heavy atom. The quantitative estimate of drug-likeness (QED) is 0.944. The summed E-state index contributed by atoms with van der Waals surface area (Å²) in [4.78, 5) is 19.7. The number of nitrogens with two attached hydrogens (primary N) is 1. The number of aromatic nitrogens is 1. The zero-order chi connectivity index (χ0) is 13.2. The monoisotopic (exact) mass is 309 g/mol. The molecule has 0 aromatic carbocycles. The first-order valence-corrected chi connectivity index (χ1v) is 7.18. The van der Waals surface area contributed by atoms with Gasteiger partial charge in [0.25, 0.3) is 5.91 Å². The lowest BCUT2D eigenvalue weighted by Gasteiger charge is -2.21. The first-order chi connectivity index (χ1) is 9.24. The Morgan fingerprint density at radius 2 is 2.15 bits per heavy atom. The lowest BCUT2D eigenvalue weighted by atomic mass is 10.3. The molecule has 0 saturated heterocycles. The van der Waals surface area contributed by atoms with E-state index in [2.05, 4.69) is 11.1 Å². The SMILES string of the molecule is Cl.Nc1cccc(C(=O)N(Cc2cccs2)C2CC2)n1. The van der Waals surface area contributed by atoms with Crippen LogP contribution in [0.25, 0.3) is 0 Å². The second-order valence-electron chi connectivity index (χ2n) is 4.69. The minimum atomic E-state index is -0.0248. The summed E-state index contributed by atoms with van der Waals surface area (Å²) < 4.78 is 0. The Balaban J connectivity index is 0.00000147. The van der Waals surface area contributed by atoms with E-state index in [1.807, 2.05) is 16.3 Å². The highest BCUT2D eigenvalue weighted by Gasteiger charge is 2.33. The number of carbonyl (C=O) groups excluding carboxylic acids is 1. The highest BCUT2D eigenvalue weighted by atomic mass is 35.5. The highest BCUT2D eigenvalue weighted by Crippen LogP contribution is 2.30. The van der Waals surface area contributed by atoms with Crippen LogP contribution in [0.4, 0.5) is 5.82 Å². The average molecular weight is 310 g/mol. The van der Waals surface area contributed by atoms with Gasteiger partial charge in [-0.3, -0.25) is 4.79 Å². The first kappa shape index (κ1) is 14.8. The molecule has 0 spiro atoms. The fourth-order valence-electron chi connectivity index (χ4n) is 2.04. The van der Waals surface area contributed by atoms with Crippen LogP contribution in [0.2, 0.25) is 0 Å². The maximum absolute atomic E-state index is 12.5. The van der Waals surface area contributed by atoms with Crippen LogP contribution >= 0.6 is 23.7 Å². The molecule has 0 unspecified atom stereocenters. The maximum Gasteiger partial charge on any atom is 0.273 e. The minimum Gasteiger partial charge on any atom is -0.384 e. The van der Waals surface area contributed by atoms with Crippen LogP contribution in [-0.2, 0) is 6.54 Å². The van der Waals surface area contributed by atoms with Gasteiger partial charge >= 0.3 is 0 Å². The van der Waals surface area contributed by atoms with E-state index in [0.29, 0.717) is 24.1 Å². The van der Waals surface area contributed by atoms with Crippen LogP contribution in [0.1, 0.15) is 28.2 Å². The molecule has 2 aromatic rings. The second-order valence-corrected chi connectivity index (χ2v) is 5.72. The summed E-state index contributed by atoms with van der Waals surface area (Å²) in [5.74, 6) is 0.362. The van der Waals surface area contributed by atoms with Crippen molar-refractivity contribution in [3.05, 3.63) is 46.3 Å². The van der Waals surface area contributed by atoms with Gasteiger partial charge in [0.2, 0.25) is 0 Å². The molecule has 4 nitrogen and oxygen atoms in total. The van der Waals surface area contributed by atoms with Crippen molar-refractivity contribution in [3.63, 3.8) is 0 Å². The number of anilines is 1. The summed E-state index contributed by atoms with van der Waals surface area (Å²) >= 11 is 1.67. The fourth-order valence-corrected chi connectivity index (χ4v) is 2.74. The molecule has 6 heteroatoms. The molecule has 1 saturated carbocycles. The second kappa shape index (κ2) is 6.24. The lowest BCUT2D eigenvalue weighted by Crippen LogP contribution is -2.33. The summed E-state index contributed by atoms with van der Waals surface area (Å²) in [6.07, 6.45) is 2.17. The smallest absolute Gasteiger partial charge is 0.273 e. The van der Waals surface area contributed by atoms with Crippen LogP contribution in [-0.4, -0.2) is 21.8 Å². The van der Waals surface area contributed by atoms with Crippen molar-refractivity contribution in [1.82, 2.24) is 9.88 Å².